The fourth-order valence-corrected chi connectivity index (χ4v) is 4.64. The highest BCUT2D eigenvalue weighted by Gasteiger charge is 2.11. The Balaban J connectivity index is 1.39. The fraction of sp³-hybridized carbons (Fsp3) is 0.150. The van der Waals surface area contributed by atoms with Crippen LogP contribution in [0.3, 0.4) is 0 Å². The van der Waals surface area contributed by atoms with Crippen LogP contribution >= 0.6 is 23.1 Å². The maximum absolute atomic E-state index is 12.3. The summed E-state index contributed by atoms with van der Waals surface area (Å²) in [5.41, 5.74) is 1.34. The molecule has 0 aliphatic carbocycles. The fourth-order valence-electron chi connectivity index (χ4n) is 2.74. The third-order valence-corrected chi connectivity index (χ3v) is 6.15. The second-order valence-electron chi connectivity index (χ2n) is 6.06. The van der Waals surface area contributed by atoms with E-state index in [1.54, 1.807) is 0 Å². The number of rotatable bonds is 7. The lowest BCUT2D eigenvalue weighted by Gasteiger charge is -2.03. The minimum Gasteiger partial charge on any atom is -0.494 e. The molecule has 4 aromatic rings. The number of ether oxygens (including phenoxy) is 1. The summed E-state index contributed by atoms with van der Waals surface area (Å²) >= 11 is 2.88. The molecular formula is C20H18N4O3S2. The molecule has 0 aliphatic rings. The number of para-hydroxylation sites is 1. The number of nitrogens with zero attached hydrogens (tertiary/aromatic N) is 2. The summed E-state index contributed by atoms with van der Waals surface area (Å²) in [5.74, 6) is 1.14. The highest BCUT2D eigenvalue weighted by Crippen LogP contribution is 2.31. The van der Waals surface area contributed by atoms with Crippen molar-refractivity contribution in [3.05, 3.63) is 65.0 Å². The molecule has 148 valence electrons. The predicted octanol–water partition coefficient (Wildman–Crippen LogP) is 3.90. The number of benzene rings is 2. The molecule has 2 aromatic carbocycles. The van der Waals surface area contributed by atoms with E-state index in [1.165, 1.54) is 33.8 Å². The van der Waals surface area contributed by atoms with Crippen molar-refractivity contribution < 1.29 is 9.53 Å². The molecular weight excluding hydrogens is 408 g/mol. The van der Waals surface area contributed by atoms with Crippen LogP contribution in [0, 0.1) is 0 Å². The number of aromatic amines is 1. The second-order valence-corrected chi connectivity index (χ2v) is 8.31. The Morgan fingerprint density at radius 2 is 2.07 bits per heavy atom. The van der Waals surface area contributed by atoms with Gasteiger partial charge < -0.3 is 10.1 Å². The molecule has 7 nitrogen and oxygen atoms in total. The Morgan fingerprint density at radius 3 is 2.86 bits per heavy atom. The summed E-state index contributed by atoms with van der Waals surface area (Å²) in [4.78, 5) is 29.0. The number of carbonyl (C=O) groups excluding carboxylic acids is 1. The number of carbonyl (C=O) groups is 1. The van der Waals surface area contributed by atoms with Gasteiger partial charge in [0, 0.05) is 6.07 Å². The number of hydrogen-bond acceptors (Lipinski definition) is 6. The van der Waals surface area contributed by atoms with Crippen LogP contribution < -0.4 is 15.6 Å². The van der Waals surface area contributed by atoms with Crippen LogP contribution in [0.4, 0.5) is 5.82 Å². The Labute approximate surface area is 174 Å². The molecule has 29 heavy (non-hydrogen) atoms. The number of aromatic nitrogens is 3. The van der Waals surface area contributed by atoms with Gasteiger partial charge in [-0.2, -0.15) is 0 Å². The SMILES string of the molecule is CCOc1ccc2nc(SCC(=O)Nc3cc(=O)n(-c4ccccc4)[nH]3)sc2c1. The van der Waals surface area contributed by atoms with Crippen LogP contribution in [0.5, 0.6) is 5.75 Å². The van der Waals surface area contributed by atoms with Gasteiger partial charge in [-0.1, -0.05) is 30.0 Å². The van der Waals surface area contributed by atoms with Crippen molar-refractivity contribution in [1.29, 1.82) is 0 Å². The zero-order valence-electron chi connectivity index (χ0n) is 15.5. The molecule has 0 atom stereocenters. The largest absolute Gasteiger partial charge is 0.494 e. The van der Waals surface area contributed by atoms with Crippen LogP contribution in [-0.2, 0) is 4.79 Å². The van der Waals surface area contributed by atoms with Gasteiger partial charge in [-0.05, 0) is 37.3 Å². The molecule has 0 saturated heterocycles. The van der Waals surface area contributed by atoms with Crippen molar-refractivity contribution in [2.75, 3.05) is 17.7 Å². The van der Waals surface area contributed by atoms with Gasteiger partial charge in [-0.3, -0.25) is 14.7 Å². The van der Waals surface area contributed by atoms with E-state index in [9.17, 15) is 9.59 Å². The highest BCUT2D eigenvalue weighted by molar-refractivity contribution is 8.01. The second kappa shape index (κ2) is 8.54. The molecule has 2 aromatic heterocycles. The smallest absolute Gasteiger partial charge is 0.273 e. The number of anilines is 1. The van der Waals surface area contributed by atoms with Gasteiger partial charge in [0.15, 0.2) is 4.34 Å². The third-order valence-electron chi connectivity index (χ3n) is 3.99. The monoisotopic (exact) mass is 426 g/mol. The highest BCUT2D eigenvalue weighted by atomic mass is 32.2. The van der Waals surface area contributed by atoms with Crippen molar-refractivity contribution >= 4 is 45.0 Å². The Bertz CT molecular complexity index is 1200. The molecule has 9 heteroatoms. The third kappa shape index (κ3) is 4.52. The first kappa shape index (κ1) is 19.3. The first-order valence-corrected chi connectivity index (χ1v) is 10.8. The standard InChI is InChI=1S/C20H18N4O3S2/c1-2-27-14-8-9-15-16(10-14)29-20(21-15)28-12-18(25)22-17-11-19(26)24(23-17)13-6-4-3-5-7-13/h3-11,23H,2,12H2,1H3,(H,22,25). The van der Waals surface area contributed by atoms with Crippen LogP contribution in [0.15, 0.2) is 63.7 Å². The van der Waals surface area contributed by atoms with Crippen molar-refractivity contribution in [2.45, 2.75) is 11.3 Å². The predicted molar refractivity (Wildman–Crippen MR) is 117 cm³/mol. The van der Waals surface area contributed by atoms with Crippen LogP contribution in [0.2, 0.25) is 0 Å². The lowest BCUT2D eigenvalue weighted by molar-refractivity contribution is -0.113. The number of H-pyrrole nitrogens is 1. The quantitative estimate of drug-likeness (QED) is 0.438. The zero-order chi connectivity index (χ0) is 20.2. The number of hydrogen-bond donors (Lipinski definition) is 2. The lowest BCUT2D eigenvalue weighted by atomic mass is 10.3. The van der Waals surface area contributed by atoms with Crippen LogP contribution in [-0.4, -0.2) is 33.0 Å². The lowest BCUT2D eigenvalue weighted by Crippen LogP contribution is -2.15. The Kier molecular flexibility index (Phi) is 5.68. The topological polar surface area (TPSA) is 89.0 Å². The van der Waals surface area contributed by atoms with E-state index in [1.807, 2.05) is 55.5 Å². The van der Waals surface area contributed by atoms with Gasteiger partial charge >= 0.3 is 0 Å². The van der Waals surface area contributed by atoms with Crippen molar-refractivity contribution in [3.63, 3.8) is 0 Å². The summed E-state index contributed by atoms with van der Waals surface area (Å²) in [6.07, 6.45) is 0. The Hall–Kier alpha value is -3.04. The molecule has 0 spiro atoms. The summed E-state index contributed by atoms with van der Waals surface area (Å²) in [5, 5.41) is 5.63. The van der Waals surface area contributed by atoms with Gasteiger partial charge in [-0.15, -0.1) is 11.3 Å². The maximum atomic E-state index is 12.3. The first-order chi connectivity index (χ1) is 14.1. The summed E-state index contributed by atoms with van der Waals surface area (Å²) < 4.78 is 8.71. The number of thioether (sulfide) groups is 1. The molecule has 0 fully saturated rings. The summed E-state index contributed by atoms with van der Waals surface area (Å²) in [7, 11) is 0. The molecule has 0 radical (unpaired) electrons. The van der Waals surface area contributed by atoms with Crippen molar-refractivity contribution in [3.8, 4) is 11.4 Å². The van der Waals surface area contributed by atoms with Crippen LogP contribution in [0.25, 0.3) is 15.9 Å². The summed E-state index contributed by atoms with van der Waals surface area (Å²) in [6, 6.07) is 16.3. The van der Waals surface area contributed by atoms with Gasteiger partial charge in [-0.25, -0.2) is 9.67 Å². The van der Waals surface area contributed by atoms with E-state index < -0.39 is 0 Å². The van der Waals surface area contributed by atoms with Crippen molar-refractivity contribution in [1.82, 2.24) is 14.8 Å². The molecule has 0 bridgehead atoms. The molecule has 2 heterocycles. The Morgan fingerprint density at radius 1 is 1.24 bits per heavy atom. The first-order valence-electron chi connectivity index (χ1n) is 8.96. The molecule has 1 amide bonds. The van der Waals surface area contributed by atoms with Gasteiger partial charge in [0.05, 0.1) is 28.3 Å². The van der Waals surface area contributed by atoms with Gasteiger partial charge in [0.25, 0.3) is 5.56 Å². The number of amides is 1. The molecule has 0 saturated carbocycles. The minimum absolute atomic E-state index is 0.191. The van der Waals surface area contributed by atoms with E-state index in [2.05, 4.69) is 15.4 Å². The molecule has 2 N–H and O–H groups in total. The van der Waals surface area contributed by atoms with Crippen LogP contribution in [0.1, 0.15) is 6.92 Å². The summed E-state index contributed by atoms with van der Waals surface area (Å²) in [6.45, 7) is 2.55. The van der Waals surface area contributed by atoms with E-state index in [0.29, 0.717) is 18.1 Å². The number of fused-ring (bicyclic) bond motifs is 1. The average molecular weight is 427 g/mol. The minimum atomic E-state index is -0.240. The average Bonchev–Trinajstić information content (AvgIpc) is 3.29. The molecule has 4 rings (SSSR count). The van der Waals surface area contributed by atoms with E-state index in [4.69, 9.17) is 4.74 Å². The van der Waals surface area contributed by atoms with E-state index >= 15 is 0 Å². The molecule has 0 unspecified atom stereocenters. The normalized spacial score (nSPS) is 10.9. The van der Waals surface area contributed by atoms with Gasteiger partial charge in [0.1, 0.15) is 11.6 Å². The zero-order valence-corrected chi connectivity index (χ0v) is 17.2. The van der Waals surface area contributed by atoms with Crippen molar-refractivity contribution in [2.24, 2.45) is 0 Å². The molecule has 0 aliphatic heterocycles. The van der Waals surface area contributed by atoms with E-state index in [0.717, 1.165) is 20.3 Å². The van der Waals surface area contributed by atoms with Gasteiger partial charge in [0.2, 0.25) is 5.91 Å². The van der Waals surface area contributed by atoms with E-state index in [-0.39, 0.29) is 17.2 Å². The number of nitrogens with one attached hydrogen (secondary N) is 2. The maximum Gasteiger partial charge on any atom is 0.273 e. The number of thiazole rings is 1.